The second kappa shape index (κ2) is 8.42. The van der Waals surface area contributed by atoms with Crippen LogP contribution in [0.5, 0.6) is 11.5 Å². The summed E-state index contributed by atoms with van der Waals surface area (Å²) in [5.74, 6) is 1.97. The molecule has 1 amide bonds. The fourth-order valence-electron chi connectivity index (χ4n) is 2.56. The van der Waals surface area contributed by atoms with E-state index >= 15 is 0 Å². The molecule has 2 N–H and O–H groups in total. The number of aliphatic hydroxyl groups excluding tert-OH is 1. The van der Waals surface area contributed by atoms with E-state index in [0.717, 1.165) is 11.1 Å². The van der Waals surface area contributed by atoms with Gasteiger partial charge >= 0.3 is 0 Å². The average Bonchev–Trinajstić information content (AvgIpc) is 3.16. The van der Waals surface area contributed by atoms with E-state index < -0.39 is 0 Å². The molecule has 140 valence electrons. The number of benzene rings is 2. The van der Waals surface area contributed by atoms with Crippen LogP contribution in [-0.2, 0) is 11.4 Å². The lowest BCUT2D eigenvalue weighted by Crippen LogP contribution is -2.20. The van der Waals surface area contributed by atoms with Crippen LogP contribution in [0.15, 0.2) is 59.0 Å². The van der Waals surface area contributed by atoms with Crippen molar-refractivity contribution in [1.29, 1.82) is 0 Å². The van der Waals surface area contributed by atoms with Crippen molar-refractivity contribution in [2.24, 2.45) is 0 Å². The molecule has 27 heavy (non-hydrogen) atoms. The van der Waals surface area contributed by atoms with E-state index in [1.165, 1.54) is 0 Å². The molecule has 2 aromatic carbocycles. The lowest BCUT2D eigenvalue weighted by molar-refractivity contribution is -0.118. The van der Waals surface area contributed by atoms with Crippen LogP contribution in [0.1, 0.15) is 11.3 Å². The first-order valence-electron chi connectivity index (χ1n) is 8.46. The molecular weight excluding hydrogens is 346 g/mol. The molecule has 0 saturated heterocycles. The zero-order chi connectivity index (χ0) is 19.2. The Bertz CT molecular complexity index is 915. The number of amides is 1. The number of carbonyl (C=O) groups excluding carboxylic acids is 1. The Hall–Kier alpha value is -3.25. The number of hydrogen-bond acceptors (Lipinski definition) is 5. The van der Waals surface area contributed by atoms with E-state index in [9.17, 15) is 4.79 Å². The molecule has 0 spiro atoms. The third kappa shape index (κ3) is 4.68. The van der Waals surface area contributed by atoms with Crippen molar-refractivity contribution < 1.29 is 23.8 Å². The number of carbonyl (C=O) groups is 1. The van der Waals surface area contributed by atoms with Gasteiger partial charge in [-0.05, 0) is 43.3 Å². The molecule has 6 heteroatoms. The topological polar surface area (TPSA) is 80.9 Å². The highest BCUT2D eigenvalue weighted by molar-refractivity contribution is 5.92. The molecule has 6 nitrogen and oxygen atoms in total. The minimum absolute atomic E-state index is 0.0921. The van der Waals surface area contributed by atoms with Crippen molar-refractivity contribution in [3.63, 3.8) is 0 Å². The number of anilines is 1. The van der Waals surface area contributed by atoms with Crippen LogP contribution in [0.4, 0.5) is 5.69 Å². The maximum absolute atomic E-state index is 12.1. The molecule has 1 heterocycles. The first kappa shape index (κ1) is 18.5. The lowest BCUT2D eigenvalue weighted by atomic mass is 10.1. The summed E-state index contributed by atoms with van der Waals surface area (Å²) in [5.41, 5.74) is 2.44. The number of hydrogen-bond donors (Lipinski definition) is 2. The first-order chi connectivity index (χ1) is 13.1. The van der Waals surface area contributed by atoms with Crippen molar-refractivity contribution >= 4 is 11.6 Å². The molecule has 0 saturated carbocycles. The summed E-state index contributed by atoms with van der Waals surface area (Å²) in [6, 6.07) is 16.2. The van der Waals surface area contributed by atoms with Crippen LogP contribution >= 0.6 is 0 Å². The van der Waals surface area contributed by atoms with Gasteiger partial charge in [0, 0.05) is 11.8 Å². The Balaban J connectivity index is 1.66. The number of aliphatic hydroxyl groups is 1. The Labute approximate surface area is 157 Å². The molecule has 0 aliphatic heterocycles. The minimum atomic E-state index is -0.272. The van der Waals surface area contributed by atoms with Gasteiger partial charge in [0.2, 0.25) is 0 Å². The standard InChI is InChI=1S/C21H21NO5/c1-14-3-6-16(7-4-14)26-13-21(24)22-15-5-9-18(20(11-15)25-2)19-10-8-17(12-23)27-19/h3-11,23H,12-13H2,1-2H3,(H,22,24). The molecule has 0 unspecified atom stereocenters. The molecular formula is C21H21NO5. The van der Waals surface area contributed by atoms with Crippen molar-refractivity contribution in [1.82, 2.24) is 0 Å². The molecule has 1 aromatic heterocycles. The fraction of sp³-hybridized carbons (Fsp3) is 0.190. The van der Waals surface area contributed by atoms with Crippen LogP contribution in [0, 0.1) is 6.92 Å². The number of aryl methyl sites for hydroxylation is 1. The number of rotatable bonds is 7. The van der Waals surface area contributed by atoms with Crippen LogP contribution in [0.3, 0.4) is 0 Å². The number of methoxy groups -OCH3 is 1. The van der Waals surface area contributed by atoms with Crippen molar-refractivity contribution in [2.45, 2.75) is 13.5 Å². The van der Waals surface area contributed by atoms with Gasteiger partial charge in [0.05, 0.1) is 12.7 Å². The summed E-state index contributed by atoms with van der Waals surface area (Å²) in [4.78, 5) is 12.1. The largest absolute Gasteiger partial charge is 0.496 e. The summed E-state index contributed by atoms with van der Waals surface area (Å²) < 4.78 is 16.4. The van der Waals surface area contributed by atoms with Gasteiger partial charge in [0.25, 0.3) is 5.91 Å². The minimum Gasteiger partial charge on any atom is -0.496 e. The SMILES string of the molecule is COc1cc(NC(=O)COc2ccc(C)cc2)ccc1-c1ccc(CO)o1. The third-order valence-corrected chi connectivity index (χ3v) is 3.96. The maximum Gasteiger partial charge on any atom is 0.262 e. The van der Waals surface area contributed by atoms with Gasteiger partial charge in [0.1, 0.15) is 29.6 Å². The Morgan fingerprint density at radius 3 is 2.56 bits per heavy atom. The second-order valence-corrected chi connectivity index (χ2v) is 5.99. The predicted molar refractivity (Wildman–Crippen MR) is 102 cm³/mol. The fourth-order valence-corrected chi connectivity index (χ4v) is 2.56. The normalized spacial score (nSPS) is 10.5. The zero-order valence-corrected chi connectivity index (χ0v) is 15.2. The summed E-state index contributed by atoms with van der Waals surface area (Å²) >= 11 is 0. The quantitative estimate of drug-likeness (QED) is 0.664. The van der Waals surface area contributed by atoms with Gasteiger partial charge in [-0.3, -0.25) is 4.79 Å². The molecule has 0 aliphatic carbocycles. The Kier molecular flexibility index (Phi) is 5.78. The third-order valence-electron chi connectivity index (χ3n) is 3.96. The van der Waals surface area contributed by atoms with Gasteiger partial charge in [-0.1, -0.05) is 17.7 Å². The lowest BCUT2D eigenvalue weighted by Gasteiger charge is -2.11. The first-order valence-corrected chi connectivity index (χ1v) is 8.46. The molecule has 0 radical (unpaired) electrons. The predicted octanol–water partition coefficient (Wildman–Crippen LogP) is 3.77. The van der Waals surface area contributed by atoms with Crippen molar-refractivity contribution in [3.8, 4) is 22.8 Å². The highest BCUT2D eigenvalue weighted by Gasteiger charge is 2.12. The molecule has 3 rings (SSSR count). The number of ether oxygens (including phenoxy) is 2. The molecule has 0 bridgehead atoms. The molecule has 0 aliphatic rings. The van der Waals surface area contributed by atoms with Gasteiger partial charge < -0.3 is 24.3 Å². The van der Waals surface area contributed by atoms with Crippen LogP contribution in [0.25, 0.3) is 11.3 Å². The highest BCUT2D eigenvalue weighted by Crippen LogP contribution is 2.33. The monoisotopic (exact) mass is 367 g/mol. The summed E-state index contributed by atoms with van der Waals surface area (Å²) in [7, 11) is 1.54. The highest BCUT2D eigenvalue weighted by atomic mass is 16.5. The molecule has 3 aromatic rings. The van der Waals surface area contributed by atoms with E-state index in [-0.39, 0.29) is 19.1 Å². The summed E-state index contributed by atoms with van der Waals surface area (Å²) in [6.45, 7) is 1.73. The number of nitrogens with one attached hydrogen (secondary N) is 1. The van der Waals surface area contributed by atoms with Gasteiger partial charge in [-0.2, -0.15) is 0 Å². The summed E-state index contributed by atoms with van der Waals surface area (Å²) in [6.07, 6.45) is 0. The molecule has 0 fully saturated rings. The van der Waals surface area contributed by atoms with Crippen LogP contribution < -0.4 is 14.8 Å². The van der Waals surface area contributed by atoms with E-state index in [2.05, 4.69) is 5.32 Å². The van der Waals surface area contributed by atoms with E-state index in [0.29, 0.717) is 28.7 Å². The Morgan fingerprint density at radius 2 is 1.89 bits per heavy atom. The van der Waals surface area contributed by atoms with Gasteiger partial charge in [0.15, 0.2) is 6.61 Å². The zero-order valence-electron chi connectivity index (χ0n) is 15.2. The van der Waals surface area contributed by atoms with Gasteiger partial charge in [-0.15, -0.1) is 0 Å². The molecule has 0 atom stereocenters. The van der Waals surface area contributed by atoms with Crippen molar-refractivity contribution in [3.05, 3.63) is 65.9 Å². The van der Waals surface area contributed by atoms with E-state index in [4.69, 9.17) is 19.0 Å². The van der Waals surface area contributed by atoms with Crippen LogP contribution in [-0.4, -0.2) is 24.7 Å². The summed E-state index contributed by atoms with van der Waals surface area (Å²) in [5, 5.41) is 11.9. The van der Waals surface area contributed by atoms with E-state index in [1.807, 2.05) is 31.2 Å². The van der Waals surface area contributed by atoms with Gasteiger partial charge in [-0.25, -0.2) is 0 Å². The van der Waals surface area contributed by atoms with E-state index in [1.54, 1.807) is 37.4 Å². The van der Waals surface area contributed by atoms with Crippen LogP contribution in [0.2, 0.25) is 0 Å². The smallest absolute Gasteiger partial charge is 0.262 e. The number of furan rings is 1. The Morgan fingerprint density at radius 1 is 1.11 bits per heavy atom. The van der Waals surface area contributed by atoms with Crippen molar-refractivity contribution in [2.75, 3.05) is 19.0 Å². The second-order valence-electron chi connectivity index (χ2n) is 5.99. The average molecular weight is 367 g/mol. The maximum atomic E-state index is 12.1.